The fraction of sp³-hybridized carbons (Fsp3) is 0.444. The van der Waals surface area contributed by atoms with Gasteiger partial charge in [0.15, 0.2) is 0 Å². The summed E-state index contributed by atoms with van der Waals surface area (Å²) in [5.74, 6) is 0. The van der Waals surface area contributed by atoms with Gasteiger partial charge in [0, 0.05) is 24.2 Å². The molecule has 0 aliphatic heterocycles. The summed E-state index contributed by atoms with van der Waals surface area (Å²) in [6.07, 6.45) is 0.638. The van der Waals surface area contributed by atoms with Crippen LogP contribution in [0.25, 0.3) is 0 Å². The topological polar surface area (TPSA) is 82.0 Å². The van der Waals surface area contributed by atoms with Crippen molar-refractivity contribution in [3.63, 3.8) is 0 Å². The average molecular weight is 195 g/mol. The molecule has 0 bridgehead atoms. The predicted molar refractivity (Wildman–Crippen MR) is 53.0 cm³/mol. The van der Waals surface area contributed by atoms with E-state index >= 15 is 0 Å². The zero-order valence-corrected chi connectivity index (χ0v) is 8.23. The number of aryl methyl sites for hydroxylation is 1. The third-order valence-electron chi connectivity index (χ3n) is 1.84. The molecule has 1 unspecified atom stereocenters. The number of rotatable bonds is 3. The van der Waals surface area contributed by atoms with Crippen LogP contribution in [0.4, 0.5) is 5.69 Å². The van der Waals surface area contributed by atoms with E-state index in [2.05, 4.69) is 4.98 Å². The van der Waals surface area contributed by atoms with E-state index in [4.69, 9.17) is 5.73 Å². The Bertz CT molecular complexity index is 350. The number of aromatic nitrogens is 1. The fourth-order valence-corrected chi connectivity index (χ4v) is 1.24. The molecule has 0 aliphatic rings. The maximum Gasteiger partial charge on any atom is 0.290 e. The maximum atomic E-state index is 10.5. The standard InChI is InChI=1S/C9H13N3O2/c1-6(10)5-8-3-4-9(12(13)14)7(2)11-8/h3-4,6H,5,10H2,1-2H3. The van der Waals surface area contributed by atoms with Gasteiger partial charge in [-0.05, 0) is 19.9 Å². The molecule has 1 rings (SSSR count). The summed E-state index contributed by atoms with van der Waals surface area (Å²) in [7, 11) is 0. The first-order valence-electron chi connectivity index (χ1n) is 4.37. The first-order valence-corrected chi connectivity index (χ1v) is 4.37. The van der Waals surface area contributed by atoms with Gasteiger partial charge in [-0.3, -0.25) is 15.1 Å². The molecule has 1 aromatic heterocycles. The van der Waals surface area contributed by atoms with Crippen LogP contribution in [-0.4, -0.2) is 15.9 Å². The molecule has 1 heterocycles. The Morgan fingerprint density at radius 3 is 2.71 bits per heavy atom. The van der Waals surface area contributed by atoms with Gasteiger partial charge >= 0.3 is 0 Å². The number of nitrogens with two attached hydrogens (primary N) is 1. The largest absolute Gasteiger partial charge is 0.328 e. The minimum atomic E-state index is -0.433. The van der Waals surface area contributed by atoms with Gasteiger partial charge in [-0.2, -0.15) is 0 Å². The third-order valence-corrected chi connectivity index (χ3v) is 1.84. The minimum Gasteiger partial charge on any atom is -0.328 e. The van der Waals surface area contributed by atoms with Crippen molar-refractivity contribution in [2.75, 3.05) is 0 Å². The fourth-order valence-electron chi connectivity index (χ4n) is 1.24. The van der Waals surface area contributed by atoms with Gasteiger partial charge in [-0.15, -0.1) is 0 Å². The average Bonchev–Trinajstić information content (AvgIpc) is 2.01. The summed E-state index contributed by atoms with van der Waals surface area (Å²) in [5, 5.41) is 10.5. The van der Waals surface area contributed by atoms with Gasteiger partial charge in [0.05, 0.1) is 4.92 Å². The van der Waals surface area contributed by atoms with Crippen LogP contribution in [0.2, 0.25) is 0 Å². The Balaban J connectivity index is 2.94. The van der Waals surface area contributed by atoms with Crippen molar-refractivity contribution in [2.24, 2.45) is 5.73 Å². The Kier molecular flexibility index (Phi) is 3.14. The number of pyridine rings is 1. The summed E-state index contributed by atoms with van der Waals surface area (Å²) in [4.78, 5) is 14.2. The molecule has 0 radical (unpaired) electrons. The molecule has 5 heteroatoms. The van der Waals surface area contributed by atoms with Crippen molar-refractivity contribution in [1.29, 1.82) is 0 Å². The molecule has 5 nitrogen and oxygen atoms in total. The van der Waals surface area contributed by atoms with E-state index in [9.17, 15) is 10.1 Å². The van der Waals surface area contributed by atoms with Gasteiger partial charge in [0.25, 0.3) is 5.69 Å². The monoisotopic (exact) mass is 195 g/mol. The molecule has 1 aromatic rings. The second-order valence-corrected chi connectivity index (χ2v) is 3.35. The summed E-state index contributed by atoms with van der Waals surface area (Å²) < 4.78 is 0. The smallest absolute Gasteiger partial charge is 0.290 e. The Morgan fingerprint density at radius 2 is 2.29 bits per heavy atom. The zero-order valence-electron chi connectivity index (χ0n) is 8.23. The molecule has 0 saturated heterocycles. The summed E-state index contributed by atoms with van der Waals surface area (Å²) >= 11 is 0. The lowest BCUT2D eigenvalue weighted by molar-refractivity contribution is -0.385. The van der Waals surface area contributed by atoms with Crippen molar-refractivity contribution < 1.29 is 4.92 Å². The first kappa shape index (κ1) is 10.6. The lowest BCUT2D eigenvalue weighted by Crippen LogP contribution is -2.18. The normalized spacial score (nSPS) is 12.5. The van der Waals surface area contributed by atoms with Gasteiger partial charge in [-0.25, -0.2) is 0 Å². The van der Waals surface area contributed by atoms with Crippen LogP contribution in [0.1, 0.15) is 18.3 Å². The third kappa shape index (κ3) is 2.50. The molecule has 0 amide bonds. The van der Waals surface area contributed by atoms with Crippen molar-refractivity contribution in [2.45, 2.75) is 26.3 Å². The van der Waals surface area contributed by atoms with E-state index in [0.29, 0.717) is 12.1 Å². The van der Waals surface area contributed by atoms with E-state index in [1.165, 1.54) is 6.07 Å². The second-order valence-electron chi connectivity index (χ2n) is 3.35. The predicted octanol–water partition coefficient (Wildman–Crippen LogP) is 1.19. The van der Waals surface area contributed by atoms with Crippen LogP contribution in [0.15, 0.2) is 12.1 Å². The van der Waals surface area contributed by atoms with Crippen LogP contribution in [0.5, 0.6) is 0 Å². The van der Waals surface area contributed by atoms with Crippen LogP contribution in [0.3, 0.4) is 0 Å². The first-order chi connectivity index (χ1) is 6.50. The number of nitrogens with zero attached hydrogens (tertiary/aromatic N) is 2. The summed E-state index contributed by atoms with van der Waals surface area (Å²) in [6, 6.07) is 3.14. The number of hydrogen-bond acceptors (Lipinski definition) is 4. The quantitative estimate of drug-likeness (QED) is 0.580. The number of nitro groups is 1. The molecule has 14 heavy (non-hydrogen) atoms. The lowest BCUT2D eigenvalue weighted by Gasteiger charge is -2.04. The molecule has 0 aliphatic carbocycles. The number of hydrogen-bond donors (Lipinski definition) is 1. The van der Waals surface area contributed by atoms with Gasteiger partial charge in [0.2, 0.25) is 0 Å². The van der Waals surface area contributed by atoms with Crippen molar-refractivity contribution in [3.05, 3.63) is 33.6 Å². The highest BCUT2D eigenvalue weighted by atomic mass is 16.6. The van der Waals surface area contributed by atoms with E-state index in [1.807, 2.05) is 6.92 Å². The second kappa shape index (κ2) is 4.15. The maximum absolute atomic E-state index is 10.5. The summed E-state index contributed by atoms with van der Waals surface area (Å²) in [5.41, 5.74) is 6.89. The van der Waals surface area contributed by atoms with E-state index < -0.39 is 4.92 Å². The summed E-state index contributed by atoms with van der Waals surface area (Å²) in [6.45, 7) is 3.50. The van der Waals surface area contributed by atoms with Crippen LogP contribution in [-0.2, 0) is 6.42 Å². The van der Waals surface area contributed by atoms with E-state index in [0.717, 1.165) is 5.69 Å². The molecular formula is C9H13N3O2. The lowest BCUT2D eigenvalue weighted by atomic mass is 10.1. The van der Waals surface area contributed by atoms with Crippen LogP contribution >= 0.6 is 0 Å². The highest BCUT2D eigenvalue weighted by Gasteiger charge is 2.11. The molecule has 0 aromatic carbocycles. The molecule has 0 saturated carbocycles. The van der Waals surface area contributed by atoms with E-state index in [1.54, 1.807) is 13.0 Å². The molecule has 1 atom stereocenters. The minimum absolute atomic E-state index is 0.0170. The van der Waals surface area contributed by atoms with Crippen molar-refractivity contribution in [1.82, 2.24) is 4.98 Å². The van der Waals surface area contributed by atoms with Crippen molar-refractivity contribution >= 4 is 5.69 Å². The highest BCUT2D eigenvalue weighted by molar-refractivity contribution is 5.35. The Morgan fingerprint density at radius 1 is 1.64 bits per heavy atom. The van der Waals surface area contributed by atoms with Crippen LogP contribution in [0, 0.1) is 17.0 Å². The van der Waals surface area contributed by atoms with E-state index in [-0.39, 0.29) is 11.7 Å². The molecule has 0 fully saturated rings. The Hall–Kier alpha value is -1.49. The molecular weight excluding hydrogens is 182 g/mol. The molecule has 76 valence electrons. The van der Waals surface area contributed by atoms with Gasteiger partial charge < -0.3 is 5.73 Å². The molecule has 2 N–H and O–H groups in total. The van der Waals surface area contributed by atoms with Gasteiger partial charge in [-0.1, -0.05) is 0 Å². The SMILES string of the molecule is Cc1nc(CC(C)N)ccc1[N+](=O)[O-]. The zero-order chi connectivity index (χ0) is 10.7. The van der Waals surface area contributed by atoms with Crippen LogP contribution < -0.4 is 5.73 Å². The van der Waals surface area contributed by atoms with Crippen molar-refractivity contribution in [3.8, 4) is 0 Å². The van der Waals surface area contributed by atoms with Gasteiger partial charge in [0.1, 0.15) is 5.69 Å². The molecule has 0 spiro atoms. The highest BCUT2D eigenvalue weighted by Crippen LogP contribution is 2.15. The Labute approximate surface area is 82.1 Å².